The van der Waals surface area contributed by atoms with Gasteiger partial charge in [0, 0.05) is 23.0 Å². The van der Waals surface area contributed by atoms with Crippen molar-refractivity contribution in [1.82, 2.24) is 14.5 Å². The Balaban J connectivity index is 1.36. The van der Waals surface area contributed by atoms with Crippen LogP contribution in [-0.2, 0) is 24.2 Å². The number of fused-ring (bicyclic) bond motifs is 3. The van der Waals surface area contributed by atoms with Crippen LogP contribution in [0.1, 0.15) is 28.8 Å². The Morgan fingerprint density at radius 3 is 2.65 bits per heavy atom. The molecular formula is C22H18ClN3O3S2. The van der Waals surface area contributed by atoms with Gasteiger partial charge in [0.25, 0.3) is 16.7 Å². The van der Waals surface area contributed by atoms with E-state index in [0.29, 0.717) is 15.3 Å². The summed E-state index contributed by atoms with van der Waals surface area (Å²) in [6.07, 6.45) is 7.36. The van der Waals surface area contributed by atoms with E-state index >= 15 is 0 Å². The van der Waals surface area contributed by atoms with Gasteiger partial charge in [-0.1, -0.05) is 23.7 Å². The number of thiophene rings is 1. The van der Waals surface area contributed by atoms with Crippen molar-refractivity contribution in [3.05, 3.63) is 66.9 Å². The molecule has 3 heterocycles. The Kier molecular flexibility index (Phi) is 5.45. The van der Waals surface area contributed by atoms with E-state index < -0.39 is 0 Å². The first kappa shape index (κ1) is 20.5. The van der Waals surface area contributed by atoms with Crippen LogP contribution < -0.4 is 5.56 Å². The molecule has 1 aromatic carbocycles. The van der Waals surface area contributed by atoms with E-state index in [-0.39, 0.29) is 29.8 Å². The summed E-state index contributed by atoms with van der Waals surface area (Å²) >= 11 is 8.41. The third-order valence-electron chi connectivity index (χ3n) is 5.55. The van der Waals surface area contributed by atoms with Crippen LogP contribution in [0.25, 0.3) is 16.3 Å². The van der Waals surface area contributed by atoms with Crippen LogP contribution >= 0.6 is 34.7 Å². The fourth-order valence-electron chi connectivity index (χ4n) is 3.95. The largest absolute Gasteiger partial charge is 0.297 e. The summed E-state index contributed by atoms with van der Waals surface area (Å²) in [4.78, 5) is 46.3. The van der Waals surface area contributed by atoms with Gasteiger partial charge < -0.3 is 0 Å². The van der Waals surface area contributed by atoms with Crippen molar-refractivity contribution in [1.29, 1.82) is 0 Å². The van der Waals surface area contributed by atoms with Crippen LogP contribution in [0.5, 0.6) is 0 Å². The van der Waals surface area contributed by atoms with Crippen molar-refractivity contribution in [3.63, 3.8) is 0 Å². The Bertz CT molecular complexity index is 1290. The molecule has 3 aromatic rings. The van der Waals surface area contributed by atoms with Crippen molar-refractivity contribution in [3.8, 4) is 0 Å². The van der Waals surface area contributed by atoms with E-state index in [2.05, 4.69) is 4.98 Å². The minimum atomic E-state index is -0.347. The van der Waals surface area contributed by atoms with Crippen LogP contribution in [0.15, 0.2) is 40.3 Å². The second kappa shape index (κ2) is 8.26. The molecule has 1 aliphatic carbocycles. The standard InChI is InChI=1S/C22H18ClN3O3S2/c23-14-7-5-13(6-8-14)11-17-20(27)26(22(29)31-17)10-9-25-12-24-19-18(21(25)28)15-3-1-2-4-16(15)30-19/h5-8,11-12H,1-4,9-10H2/b17-11+. The Morgan fingerprint density at radius 2 is 1.84 bits per heavy atom. The number of rotatable bonds is 4. The van der Waals surface area contributed by atoms with Gasteiger partial charge in [0.1, 0.15) is 4.83 Å². The topological polar surface area (TPSA) is 72.3 Å². The highest BCUT2D eigenvalue weighted by Crippen LogP contribution is 2.34. The predicted molar refractivity (Wildman–Crippen MR) is 125 cm³/mol. The molecule has 2 amide bonds. The fourth-order valence-corrected chi connectivity index (χ4v) is 6.16. The van der Waals surface area contributed by atoms with E-state index in [4.69, 9.17) is 11.6 Å². The number of hydrogen-bond donors (Lipinski definition) is 0. The molecule has 2 aromatic heterocycles. The van der Waals surface area contributed by atoms with Gasteiger partial charge in [-0.25, -0.2) is 4.98 Å². The van der Waals surface area contributed by atoms with Gasteiger partial charge >= 0.3 is 0 Å². The Hall–Kier alpha value is -2.42. The molecule has 0 spiro atoms. The third-order valence-corrected chi connectivity index (χ3v) is 7.91. The number of amides is 2. The van der Waals surface area contributed by atoms with Gasteiger partial charge in [-0.15, -0.1) is 11.3 Å². The summed E-state index contributed by atoms with van der Waals surface area (Å²) in [5.74, 6) is -0.347. The molecule has 31 heavy (non-hydrogen) atoms. The third kappa shape index (κ3) is 3.84. The monoisotopic (exact) mass is 471 g/mol. The van der Waals surface area contributed by atoms with E-state index in [0.717, 1.165) is 53.4 Å². The fraction of sp³-hybridized carbons (Fsp3) is 0.273. The number of carbonyl (C=O) groups is 2. The van der Waals surface area contributed by atoms with Gasteiger partial charge in [-0.3, -0.25) is 23.9 Å². The molecule has 0 N–H and O–H groups in total. The molecule has 0 unspecified atom stereocenters. The predicted octanol–water partition coefficient (Wildman–Crippen LogP) is 4.73. The average molecular weight is 472 g/mol. The van der Waals surface area contributed by atoms with Crippen LogP contribution in [0.3, 0.4) is 0 Å². The van der Waals surface area contributed by atoms with Gasteiger partial charge in [0.05, 0.1) is 16.6 Å². The number of benzene rings is 1. The number of hydrogen-bond acceptors (Lipinski definition) is 6. The molecule has 6 nitrogen and oxygen atoms in total. The van der Waals surface area contributed by atoms with E-state index in [1.54, 1.807) is 41.7 Å². The van der Waals surface area contributed by atoms with Crippen LogP contribution in [0.2, 0.25) is 5.02 Å². The van der Waals surface area contributed by atoms with Gasteiger partial charge in [0.15, 0.2) is 0 Å². The van der Waals surface area contributed by atoms with Crippen molar-refractivity contribution < 1.29 is 9.59 Å². The minimum absolute atomic E-state index is 0.0897. The van der Waals surface area contributed by atoms with Crippen LogP contribution in [-0.4, -0.2) is 32.1 Å². The van der Waals surface area contributed by atoms with Crippen molar-refractivity contribution in [2.45, 2.75) is 32.2 Å². The summed E-state index contributed by atoms with van der Waals surface area (Å²) in [5, 5.41) is 0.979. The number of aryl methyl sites for hydroxylation is 2. The molecule has 9 heteroatoms. The van der Waals surface area contributed by atoms with Crippen molar-refractivity contribution in [2.75, 3.05) is 6.54 Å². The molecule has 0 radical (unpaired) electrons. The zero-order valence-electron chi connectivity index (χ0n) is 16.5. The Labute approximate surface area is 191 Å². The highest BCUT2D eigenvalue weighted by Gasteiger charge is 2.34. The summed E-state index contributed by atoms with van der Waals surface area (Å²) in [6, 6.07) is 7.04. The summed E-state index contributed by atoms with van der Waals surface area (Å²) in [7, 11) is 0. The van der Waals surface area contributed by atoms with Crippen molar-refractivity contribution >= 4 is 62.1 Å². The van der Waals surface area contributed by atoms with Crippen LogP contribution in [0.4, 0.5) is 4.79 Å². The lowest BCUT2D eigenvalue weighted by Gasteiger charge is -2.14. The summed E-state index contributed by atoms with van der Waals surface area (Å²) in [6.45, 7) is 0.348. The number of nitrogens with zero attached hydrogens (tertiary/aromatic N) is 3. The van der Waals surface area contributed by atoms with Crippen LogP contribution in [0, 0.1) is 0 Å². The number of halogens is 1. The first-order valence-corrected chi connectivity index (χ1v) is 12.0. The van der Waals surface area contributed by atoms with Gasteiger partial charge in [-0.2, -0.15) is 0 Å². The maximum atomic E-state index is 13.1. The molecular weight excluding hydrogens is 454 g/mol. The molecule has 1 aliphatic heterocycles. The van der Waals surface area contributed by atoms with E-state index in [9.17, 15) is 14.4 Å². The first-order valence-electron chi connectivity index (χ1n) is 10.0. The minimum Gasteiger partial charge on any atom is -0.297 e. The first-order chi connectivity index (χ1) is 15.0. The molecule has 2 aliphatic rings. The van der Waals surface area contributed by atoms with E-state index in [1.165, 1.54) is 20.7 Å². The molecule has 1 saturated heterocycles. The zero-order valence-corrected chi connectivity index (χ0v) is 18.9. The number of carbonyl (C=O) groups excluding carboxylic acids is 2. The lowest BCUT2D eigenvalue weighted by atomic mass is 9.97. The maximum Gasteiger partial charge on any atom is 0.293 e. The van der Waals surface area contributed by atoms with Gasteiger partial charge in [-0.05, 0) is 66.8 Å². The van der Waals surface area contributed by atoms with Gasteiger partial charge in [0.2, 0.25) is 0 Å². The number of imide groups is 1. The summed E-state index contributed by atoms with van der Waals surface area (Å²) < 4.78 is 1.51. The molecule has 5 rings (SSSR count). The quantitative estimate of drug-likeness (QED) is 0.514. The lowest BCUT2D eigenvalue weighted by Crippen LogP contribution is -2.34. The normalized spacial score (nSPS) is 17.7. The number of thioether (sulfide) groups is 1. The highest BCUT2D eigenvalue weighted by molar-refractivity contribution is 8.18. The molecule has 158 valence electrons. The smallest absolute Gasteiger partial charge is 0.293 e. The van der Waals surface area contributed by atoms with Crippen molar-refractivity contribution in [2.24, 2.45) is 0 Å². The SMILES string of the molecule is O=C1S/C(=C/c2ccc(Cl)cc2)C(=O)N1CCn1cnc2sc3c(c2c1=O)CCCC3. The molecule has 0 saturated carbocycles. The summed E-state index contributed by atoms with van der Waals surface area (Å²) in [5.41, 5.74) is 1.84. The van der Waals surface area contributed by atoms with E-state index in [1.807, 2.05) is 0 Å². The highest BCUT2D eigenvalue weighted by atomic mass is 35.5. The maximum absolute atomic E-state index is 13.1. The zero-order chi connectivity index (χ0) is 21.5. The average Bonchev–Trinajstić information content (AvgIpc) is 3.27. The lowest BCUT2D eigenvalue weighted by molar-refractivity contribution is -0.122. The second-order valence-corrected chi connectivity index (χ2v) is 10.0. The number of aromatic nitrogens is 2. The second-order valence-electron chi connectivity index (χ2n) is 7.52. The Morgan fingerprint density at radius 1 is 1.06 bits per heavy atom. The molecule has 0 bridgehead atoms. The molecule has 0 atom stereocenters. The molecule has 1 fully saturated rings.